The first-order chi connectivity index (χ1) is 10.1. The van der Waals surface area contributed by atoms with E-state index in [9.17, 15) is 10.1 Å². The van der Waals surface area contributed by atoms with Gasteiger partial charge in [0.15, 0.2) is 0 Å². The van der Waals surface area contributed by atoms with Crippen molar-refractivity contribution < 1.29 is 4.92 Å². The Morgan fingerprint density at radius 2 is 1.90 bits per heavy atom. The number of nitro benzene ring substituents is 1. The maximum Gasteiger partial charge on any atom is 0.271 e. The van der Waals surface area contributed by atoms with Gasteiger partial charge in [0.25, 0.3) is 5.69 Å². The van der Waals surface area contributed by atoms with E-state index >= 15 is 0 Å². The zero-order chi connectivity index (χ0) is 14.8. The van der Waals surface area contributed by atoms with E-state index < -0.39 is 0 Å². The van der Waals surface area contributed by atoms with E-state index in [2.05, 4.69) is 21.2 Å². The molecular formula is C16H21BrN2O2. The average Bonchev–Trinajstić information content (AvgIpc) is 2.49. The molecule has 2 fully saturated rings. The van der Waals surface area contributed by atoms with Crippen LogP contribution >= 0.6 is 15.9 Å². The van der Waals surface area contributed by atoms with Gasteiger partial charge in [0.2, 0.25) is 0 Å². The van der Waals surface area contributed by atoms with E-state index in [-0.39, 0.29) is 10.6 Å². The maximum absolute atomic E-state index is 10.9. The van der Waals surface area contributed by atoms with E-state index in [1.807, 2.05) is 0 Å². The molecule has 0 saturated heterocycles. The molecule has 0 heterocycles. The molecule has 0 spiro atoms. The second-order valence-corrected chi connectivity index (χ2v) is 7.23. The molecule has 2 aliphatic carbocycles. The van der Waals surface area contributed by atoms with Crippen molar-refractivity contribution in [1.29, 1.82) is 0 Å². The van der Waals surface area contributed by atoms with Crippen molar-refractivity contribution in [3.63, 3.8) is 0 Å². The van der Waals surface area contributed by atoms with Gasteiger partial charge in [-0.1, -0.05) is 25.7 Å². The highest BCUT2D eigenvalue weighted by Crippen LogP contribution is 2.41. The zero-order valence-corrected chi connectivity index (χ0v) is 13.6. The molecule has 0 amide bonds. The third-order valence-electron chi connectivity index (χ3n) is 5.06. The van der Waals surface area contributed by atoms with E-state index in [0.717, 1.165) is 22.0 Å². The summed E-state index contributed by atoms with van der Waals surface area (Å²) in [6.07, 6.45) is 9.21. The van der Waals surface area contributed by atoms with Gasteiger partial charge in [-0.25, -0.2) is 0 Å². The van der Waals surface area contributed by atoms with Crippen LogP contribution in [0.2, 0.25) is 0 Å². The predicted molar refractivity (Wildman–Crippen MR) is 87.5 cm³/mol. The lowest BCUT2D eigenvalue weighted by Gasteiger charge is -2.39. The number of fused-ring (bicyclic) bond motifs is 1. The number of nitrogens with one attached hydrogen (secondary N) is 1. The topological polar surface area (TPSA) is 55.2 Å². The Kier molecular flexibility index (Phi) is 4.48. The summed E-state index contributed by atoms with van der Waals surface area (Å²) < 4.78 is 0.902. The summed E-state index contributed by atoms with van der Waals surface area (Å²) in [5.41, 5.74) is 0.996. The number of hydrogen-bond acceptors (Lipinski definition) is 3. The molecule has 3 atom stereocenters. The van der Waals surface area contributed by atoms with Gasteiger partial charge in [-0.05, 0) is 53.1 Å². The van der Waals surface area contributed by atoms with Crippen LogP contribution in [0.5, 0.6) is 0 Å². The quantitative estimate of drug-likeness (QED) is 0.606. The largest absolute Gasteiger partial charge is 0.381 e. The second kappa shape index (κ2) is 6.34. The van der Waals surface area contributed by atoms with Gasteiger partial charge in [0.1, 0.15) is 0 Å². The van der Waals surface area contributed by atoms with Crippen LogP contribution in [0.25, 0.3) is 0 Å². The fourth-order valence-electron chi connectivity index (χ4n) is 3.96. The smallest absolute Gasteiger partial charge is 0.271 e. The highest BCUT2D eigenvalue weighted by atomic mass is 79.9. The summed E-state index contributed by atoms with van der Waals surface area (Å²) in [7, 11) is 0. The summed E-state index contributed by atoms with van der Waals surface area (Å²) in [6, 6.07) is 5.37. The summed E-state index contributed by atoms with van der Waals surface area (Å²) in [5.74, 6) is 1.77. The number of non-ortho nitro benzene ring substituents is 1. The average molecular weight is 353 g/mol. The first-order valence-corrected chi connectivity index (χ1v) is 8.63. The normalized spacial score (nSPS) is 28.7. The number of halogens is 1. The lowest BCUT2D eigenvalue weighted by Crippen LogP contribution is -2.34. The third-order valence-corrected chi connectivity index (χ3v) is 5.75. The van der Waals surface area contributed by atoms with Crippen molar-refractivity contribution in [2.24, 2.45) is 11.8 Å². The second-order valence-electron chi connectivity index (χ2n) is 6.38. The molecule has 1 N–H and O–H groups in total. The van der Waals surface area contributed by atoms with Crippen LogP contribution in [-0.2, 0) is 0 Å². The Morgan fingerprint density at radius 1 is 1.14 bits per heavy atom. The Balaban J connectivity index is 1.69. The van der Waals surface area contributed by atoms with E-state index in [4.69, 9.17) is 0 Å². The van der Waals surface area contributed by atoms with Gasteiger partial charge in [0.05, 0.1) is 10.6 Å². The summed E-state index contributed by atoms with van der Waals surface area (Å²) in [5, 5.41) is 14.4. The minimum absolute atomic E-state index is 0.145. The molecule has 114 valence electrons. The molecule has 3 rings (SSSR count). The Bertz CT molecular complexity index is 535. The first-order valence-electron chi connectivity index (χ1n) is 7.84. The molecule has 0 aliphatic heterocycles. The van der Waals surface area contributed by atoms with Crippen molar-refractivity contribution in [1.82, 2.24) is 0 Å². The third kappa shape index (κ3) is 3.39. The highest BCUT2D eigenvalue weighted by molar-refractivity contribution is 9.10. The van der Waals surface area contributed by atoms with Crippen molar-refractivity contribution in [2.45, 2.75) is 51.0 Å². The van der Waals surface area contributed by atoms with E-state index in [1.165, 1.54) is 51.0 Å². The Hall–Kier alpha value is -1.10. The summed E-state index contributed by atoms with van der Waals surface area (Å²) in [6.45, 7) is 0. The molecule has 4 nitrogen and oxygen atoms in total. The van der Waals surface area contributed by atoms with Crippen molar-refractivity contribution in [3.05, 3.63) is 32.8 Å². The van der Waals surface area contributed by atoms with Gasteiger partial charge in [0, 0.05) is 22.6 Å². The molecule has 0 aromatic heterocycles. The van der Waals surface area contributed by atoms with Crippen LogP contribution in [0.4, 0.5) is 11.4 Å². The Labute approximate surface area is 133 Å². The van der Waals surface area contributed by atoms with E-state index in [0.29, 0.717) is 6.04 Å². The molecule has 2 aliphatic rings. The lowest BCUT2D eigenvalue weighted by molar-refractivity contribution is -0.384. The predicted octanol–water partition coefficient (Wildman–Crippen LogP) is 5.13. The number of nitrogens with zero attached hydrogens (tertiary/aromatic N) is 1. The van der Waals surface area contributed by atoms with Gasteiger partial charge < -0.3 is 5.32 Å². The number of hydrogen-bond donors (Lipinski definition) is 1. The SMILES string of the molecule is O=[N+]([O-])c1ccc(Br)c(NC2CCC3CCCCC3C2)c1. The molecule has 1 aromatic rings. The van der Waals surface area contributed by atoms with Crippen molar-refractivity contribution in [3.8, 4) is 0 Å². The monoisotopic (exact) mass is 352 g/mol. The molecule has 3 unspecified atom stereocenters. The molecule has 2 saturated carbocycles. The number of nitro groups is 1. The lowest BCUT2D eigenvalue weighted by atomic mass is 9.69. The minimum Gasteiger partial charge on any atom is -0.381 e. The number of benzene rings is 1. The van der Waals surface area contributed by atoms with Crippen molar-refractivity contribution in [2.75, 3.05) is 5.32 Å². The van der Waals surface area contributed by atoms with Gasteiger partial charge >= 0.3 is 0 Å². The van der Waals surface area contributed by atoms with Gasteiger partial charge in [-0.15, -0.1) is 0 Å². The zero-order valence-electron chi connectivity index (χ0n) is 12.1. The van der Waals surface area contributed by atoms with Crippen LogP contribution in [0.1, 0.15) is 44.9 Å². The molecule has 0 radical (unpaired) electrons. The van der Waals surface area contributed by atoms with Crippen LogP contribution in [0, 0.1) is 22.0 Å². The van der Waals surface area contributed by atoms with Gasteiger partial charge in [-0.3, -0.25) is 10.1 Å². The standard InChI is InChI=1S/C16H21BrN2O2/c17-15-8-7-14(19(20)21)10-16(15)18-13-6-5-11-3-1-2-4-12(11)9-13/h7-8,10-13,18H,1-6,9H2. The Morgan fingerprint density at radius 3 is 2.67 bits per heavy atom. The first kappa shape index (κ1) is 14.8. The summed E-state index contributed by atoms with van der Waals surface area (Å²) >= 11 is 3.49. The number of rotatable bonds is 3. The van der Waals surface area contributed by atoms with Crippen LogP contribution in [-0.4, -0.2) is 11.0 Å². The number of anilines is 1. The highest BCUT2D eigenvalue weighted by Gasteiger charge is 2.32. The molecule has 0 bridgehead atoms. The maximum atomic E-state index is 10.9. The van der Waals surface area contributed by atoms with Gasteiger partial charge in [-0.2, -0.15) is 0 Å². The molecule has 5 heteroatoms. The minimum atomic E-state index is -0.338. The molecule has 21 heavy (non-hydrogen) atoms. The van der Waals surface area contributed by atoms with Crippen molar-refractivity contribution >= 4 is 27.3 Å². The molecular weight excluding hydrogens is 332 g/mol. The fraction of sp³-hybridized carbons (Fsp3) is 0.625. The van der Waals surface area contributed by atoms with Crippen LogP contribution < -0.4 is 5.32 Å². The van der Waals surface area contributed by atoms with Crippen LogP contribution in [0.15, 0.2) is 22.7 Å². The summed E-state index contributed by atoms with van der Waals surface area (Å²) in [4.78, 5) is 10.6. The van der Waals surface area contributed by atoms with Crippen LogP contribution in [0.3, 0.4) is 0 Å². The fourth-order valence-corrected chi connectivity index (χ4v) is 4.32. The van der Waals surface area contributed by atoms with E-state index in [1.54, 1.807) is 12.1 Å². The molecule has 1 aromatic carbocycles.